The second-order valence-corrected chi connectivity index (χ2v) is 12.3. The van der Waals surface area contributed by atoms with E-state index in [0.717, 1.165) is 82.8 Å². The van der Waals surface area contributed by atoms with Crippen LogP contribution in [-0.4, -0.2) is 44.3 Å². The SMILES string of the molecule is Cc1csc(/C(N)=C(\c2ccc3c(cnn3C)c2)c2cncc3c2C2(CCN(CC4(CC#N)CC4)C2)OC3)n1. The monoisotopic (exact) mass is 537 g/mol. The second-order valence-electron chi connectivity index (χ2n) is 11.4. The molecule has 0 bridgehead atoms. The van der Waals surface area contributed by atoms with Crippen molar-refractivity contribution in [2.24, 2.45) is 18.2 Å². The first kappa shape index (κ1) is 24.5. The largest absolute Gasteiger partial charge is 0.396 e. The molecule has 1 aliphatic carbocycles. The van der Waals surface area contributed by atoms with Crippen molar-refractivity contribution >= 4 is 33.5 Å². The summed E-state index contributed by atoms with van der Waals surface area (Å²) in [4.78, 5) is 11.9. The molecule has 5 heterocycles. The van der Waals surface area contributed by atoms with Gasteiger partial charge in [-0.3, -0.25) is 14.6 Å². The summed E-state index contributed by atoms with van der Waals surface area (Å²) >= 11 is 1.56. The summed E-state index contributed by atoms with van der Waals surface area (Å²) in [6.45, 7) is 5.26. The molecule has 0 amide bonds. The molecule has 1 saturated heterocycles. The van der Waals surface area contributed by atoms with E-state index in [2.05, 4.69) is 39.3 Å². The molecule has 1 saturated carbocycles. The predicted octanol–water partition coefficient (Wildman–Crippen LogP) is 4.73. The van der Waals surface area contributed by atoms with Gasteiger partial charge in [-0.15, -0.1) is 11.3 Å². The molecule has 8 nitrogen and oxygen atoms in total. The minimum absolute atomic E-state index is 0.167. The summed E-state index contributed by atoms with van der Waals surface area (Å²) in [5.41, 5.74) is 14.7. The highest BCUT2D eigenvalue weighted by Gasteiger charge is 2.51. The molecule has 1 atom stereocenters. The molecule has 4 aromatic rings. The summed E-state index contributed by atoms with van der Waals surface area (Å²) in [6.07, 6.45) is 9.62. The Morgan fingerprint density at radius 2 is 2.10 bits per heavy atom. The van der Waals surface area contributed by atoms with Crippen molar-refractivity contribution in [1.82, 2.24) is 24.6 Å². The van der Waals surface area contributed by atoms with E-state index >= 15 is 0 Å². The van der Waals surface area contributed by atoms with E-state index in [9.17, 15) is 5.26 Å². The van der Waals surface area contributed by atoms with Gasteiger partial charge >= 0.3 is 0 Å². The van der Waals surface area contributed by atoms with Crippen LogP contribution in [0.25, 0.3) is 22.2 Å². The first-order valence-electron chi connectivity index (χ1n) is 13.5. The number of nitrogens with two attached hydrogens (primary N) is 1. The topological polar surface area (TPSA) is 106 Å². The van der Waals surface area contributed by atoms with Gasteiger partial charge in [0.2, 0.25) is 0 Å². The second kappa shape index (κ2) is 8.98. The molecule has 1 spiro atoms. The number of hydrogen-bond acceptors (Lipinski definition) is 8. The molecule has 2 aliphatic heterocycles. The lowest BCUT2D eigenvalue weighted by atomic mass is 9.83. The van der Waals surface area contributed by atoms with Crippen molar-refractivity contribution < 1.29 is 4.74 Å². The summed E-state index contributed by atoms with van der Waals surface area (Å²) in [7, 11) is 1.95. The number of rotatable bonds is 6. The Bertz CT molecular complexity index is 1670. The maximum absolute atomic E-state index is 9.34. The highest BCUT2D eigenvalue weighted by molar-refractivity contribution is 7.10. The Morgan fingerprint density at radius 3 is 2.87 bits per heavy atom. The molecule has 1 unspecified atom stereocenters. The van der Waals surface area contributed by atoms with Crippen LogP contribution in [0, 0.1) is 23.7 Å². The number of hydrogen-bond donors (Lipinski definition) is 1. The van der Waals surface area contributed by atoms with E-state index in [4.69, 9.17) is 15.5 Å². The molecule has 7 rings (SSSR count). The standard InChI is InChI=1S/C30H31N7OS/c1-19-16-39-28(35-19)27(32)25(20-3-4-24-21(11-20)13-34-36(24)2)23-14-33-12-22-15-38-30(26(22)23)8-10-37(18-30)17-29(5-6-29)7-9-31/h3-4,11-14,16H,5-8,10,15,17-18,32H2,1-2H3/b27-25-. The summed E-state index contributed by atoms with van der Waals surface area (Å²) in [5.74, 6) is 0. The first-order chi connectivity index (χ1) is 18.9. The van der Waals surface area contributed by atoms with Crippen molar-refractivity contribution in [3.63, 3.8) is 0 Å². The number of thiazole rings is 1. The number of benzene rings is 1. The average Bonchev–Trinajstić information content (AvgIpc) is 3.31. The van der Waals surface area contributed by atoms with Crippen LogP contribution in [0.2, 0.25) is 0 Å². The van der Waals surface area contributed by atoms with Crippen LogP contribution in [0.1, 0.15) is 58.6 Å². The zero-order chi connectivity index (χ0) is 26.8. The maximum Gasteiger partial charge on any atom is 0.140 e. The number of fused-ring (bicyclic) bond motifs is 3. The van der Waals surface area contributed by atoms with Gasteiger partial charge in [-0.1, -0.05) is 6.07 Å². The highest BCUT2D eigenvalue weighted by atomic mass is 32.1. The molecule has 39 heavy (non-hydrogen) atoms. The smallest absolute Gasteiger partial charge is 0.140 e. The fourth-order valence-corrected chi connectivity index (χ4v) is 7.27. The van der Waals surface area contributed by atoms with Gasteiger partial charge in [-0.25, -0.2) is 4.98 Å². The molecule has 0 radical (unpaired) electrons. The zero-order valence-corrected chi connectivity index (χ0v) is 23.1. The molecule has 2 N–H and O–H groups in total. The third kappa shape index (κ3) is 4.06. The third-order valence-electron chi connectivity index (χ3n) is 8.69. The molecule has 3 aliphatic rings. The van der Waals surface area contributed by atoms with Crippen molar-refractivity contribution in [3.8, 4) is 6.07 Å². The van der Waals surface area contributed by atoms with E-state index in [1.54, 1.807) is 11.3 Å². The minimum Gasteiger partial charge on any atom is -0.396 e. The molecule has 198 valence electrons. The Balaban J connectivity index is 1.36. The van der Waals surface area contributed by atoms with E-state index in [-0.39, 0.29) is 5.41 Å². The third-order valence-corrected chi connectivity index (χ3v) is 9.68. The Kier molecular flexibility index (Phi) is 5.63. The van der Waals surface area contributed by atoms with E-state index in [1.807, 2.05) is 42.6 Å². The molecule has 9 heteroatoms. The minimum atomic E-state index is -0.418. The van der Waals surface area contributed by atoms with Gasteiger partial charge in [0.15, 0.2) is 0 Å². The summed E-state index contributed by atoms with van der Waals surface area (Å²) in [6, 6.07) is 8.79. The summed E-state index contributed by atoms with van der Waals surface area (Å²) < 4.78 is 8.53. The van der Waals surface area contributed by atoms with Gasteiger partial charge in [0.25, 0.3) is 0 Å². The van der Waals surface area contributed by atoms with Crippen LogP contribution < -0.4 is 5.73 Å². The quantitative estimate of drug-likeness (QED) is 0.379. The van der Waals surface area contributed by atoms with E-state index in [1.165, 1.54) is 5.56 Å². The molecular formula is C30H31N7OS. The predicted molar refractivity (Wildman–Crippen MR) is 151 cm³/mol. The zero-order valence-electron chi connectivity index (χ0n) is 22.3. The van der Waals surface area contributed by atoms with Crippen molar-refractivity contribution in [2.45, 2.75) is 44.8 Å². The lowest BCUT2D eigenvalue weighted by Crippen LogP contribution is -2.34. The van der Waals surface area contributed by atoms with Crippen LogP contribution in [0.4, 0.5) is 0 Å². The first-order valence-corrected chi connectivity index (χ1v) is 14.3. The van der Waals surface area contributed by atoms with Crippen LogP contribution in [0.15, 0.2) is 42.2 Å². The normalized spacial score (nSPS) is 22.3. The number of aromatic nitrogens is 4. The number of nitrogens with zero attached hydrogens (tertiary/aromatic N) is 6. The van der Waals surface area contributed by atoms with Gasteiger partial charge in [-0.2, -0.15) is 10.4 Å². The Hall–Kier alpha value is -3.58. The Labute approximate surface area is 231 Å². The van der Waals surface area contributed by atoms with Crippen molar-refractivity contribution in [3.05, 3.63) is 75.1 Å². The van der Waals surface area contributed by atoms with Crippen LogP contribution in [-0.2, 0) is 24.0 Å². The number of aryl methyl sites for hydroxylation is 2. The molecule has 3 aromatic heterocycles. The number of likely N-dealkylation sites (tertiary alicyclic amines) is 1. The van der Waals surface area contributed by atoms with Gasteiger partial charge < -0.3 is 10.5 Å². The van der Waals surface area contributed by atoms with Crippen LogP contribution in [0.5, 0.6) is 0 Å². The van der Waals surface area contributed by atoms with E-state index in [0.29, 0.717) is 18.7 Å². The molecular weight excluding hydrogens is 506 g/mol. The van der Waals surface area contributed by atoms with Gasteiger partial charge in [0.05, 0.1) is 30.1 Å². The van der Waals surface area contributed by atoms with E-state index < -0.39 is 5.60 Å². The van der Waals surface area contributed by atoms with Crippen molar-refractivity contribution in [1.29, 1.82) is 5.26 Å². The van der Waals surface area contributed by atoms with Gasteiger partial charge in [-0.05, 0) is 49.3 Å². The van der Waals surface area contributed by atoms with Crippen LogP contribution in [0.3, 0.4) is 0 Å². The van der Waals surface area contributed by atoms with Gasteiger partial charge in [0, 0.05) is 84.2 Å². The number of ether oxygens (including phenoxy) is 1. The lowest BCUT2D eigenvalue weighted by Gasteiger charge is -2.29. The summed E-state index contributed by atoms with van der Waals surface area (Å²) in [5, 5.41) is 17.7. The van der Waals surface area contributed by atoms with Gasteiger partial charge in [0.1, 0.15) is 10.6 Å². The molecule has 1 aromatic carbocycles. The van der Waals surface area contributed by atoms with Crippen molar-refractivity contribution in [2.75, 3.05) is 19.6 Å². The molecule has 2 fully saturated rings. The number of nitriles is 1. The fraction of sp³-hybridized carbons (Fsp3) is 0.400. The number of pyridine rings is 1. The fourth-order valence-electron chi connectivity index (χ4n) is 6.51. The van der Waals surface area contributed by atoms with Crippen LogP contribution >= 0.6 is 11.3 Å². The highest BCUT2D eigenvalue weighted by Crippen LogP contribution is 2.52. The maximum atomic E-state index is 9.34. The lowest BCUT2D eigenvalue weighted by molar-refractivity contribution is -0.0305. The average molecular weight is 538 g/mol. The Morgan fingerprint density at radius 1 is 1.23 bits per heavy atom.